The van der Waals surface area contributed by atoms with Crippen molar-refractivity contribution < 1.29 is 24.2 Å². The number of Topliss-reactive ketones (excluding diaryl/α,β-unsaturated/α-hetero) is 1. The van der Waals surface area contributed by atoms with Crippen molar-refractivity contribution in [2.24, 2.45) is 0 Å². The van der Waals surface area contributed by atoms with Gasteiger partial charge in [-0.2, -0.15) is 0 Å². The molecule has 3 aromatic rings. The number of rotatable bonds is 6. The molecule has 7 nitrogen and oxygen atoms in total. The molecule has 1 aromatic heterocycles. The maximum Gasteiger partial charge on any atom is 0.300 e. The Hall–Kier alpha value is -3.84. The Labute approximate surface area is 195 Å². The summed E-state index contributed by atoms with van der Waals surface area (Å²) in [5.74, 6) is -0.902. The second-order valence-corrected chi connectivity index (χ2v) is 7.66. The molecule has 1 aliphatic rings. The number of aliphatic hydroxyl groups excluding tert-OH is 1. The van der Waals surface area contributed by atoms with Crippen molar-refractivity contribution in [2.45, 2.75) is 13.0 Å². The van der Waals surface area contributed by atoms with Crippen molar-refractivity contribution in [3.8, 4) is 11.5 Å². The fraction of sp³-hybridized carbons (Fsp3) is 0.160. The van der Waals surface area contributed by atoms with Gasteiger partial charge in [0.05, 0.1) is 25.3 Å². The van der Waals surface area contributed by atoms with Crippen LogP contribution in [0.1, 0.15) is 24.1 Å². The Balaban J connectivity index is 1.96. The van der Waals surface area contributed by atoms with E-state index in [1.54, 1.807) is 54.6 Å². The van der Waals surface area contributed by atoms with Crippen LogP contribution in [0.3, 0.4) is 0 Å². The van der Waals surface area contributed by atoms with Crippen LogP contribution in [0.5, 0.6) is 11.5 Å². The van der Waals surface area contributed by atoms with Gasteiger partial charge in [0.1, 0.15) is 5.76 Å². The van der Waals surface area contributed by atoms with E-state index >= 15 is 0 Å². The molecule has 2 heterocycles. The van der Waals surface area contributed by atoms with Crippen molar-refractivity contribution in [3.63, 3.8) is 0 Å². The lowest BCUT2D eigenvalue weighted by molar-refractivity contribution is -0.132. The maximum absolute atomic E-state index is 13.2. The Morgan fingerprint density at radius 1 is 1.09 bits per heavy atom. The number of ether oxygens (including phenoxy) is 2. The number of hydrogen-bond acceptors (Lipinski definition) is 6. The summed E-state index contributed by atoms with van der Waals surface area (Å²) >= 11 is 6.17. The number of carbonyl (C=O) groups excluding carboxylic acids is 2. The Morgan fingerprint density at radius 3 is 2.52 bits per heavy atom. The van der Waals surface area contributed by atoms with Gasteiger partial charge in [-0.3, -0.25) is 19.5 Å². The number of anilines is 1. The van der Waals surface area contributed by atoms with E-state index in [1.807, 2.05) is 6.92 Å². The average Bonchev–Trinajstić information content (AvgIpc) is 3.10. The number of ketones is 1. The monoisotopic (exact) mass is 464 g/mol. The van der Waals surface area contributed by atoms with E-state index in [9.17, 15) is 14.7 Å². The zero-order valence-electron chi connectivity index (χ0n) is 18.0. The summed E-state index contributed by atoms with van der Waals surface area (Å²) in [5.41, 5.74) is 1.32. The standard InChI is InChI=1S/C25H21ClN2O5/c1-3-33-20-13-16(7-8-19(20)32-2)22-21(23(29)15-9-11-27-12-10-15)24(30)25(31)28(22)18-6-4-5-17(26)14-18/h4-14,22,29H,3H2,1-2H3/b23-21-. The van der Waals surface area contributed by atoms with Gasteiger partial charge >= 0.3 is 0 Å². The van der Waals surface area contributed by atoms with Crippen LogP contribution in [-0.4, -0.2) is 35.5 Å². The van der Waals surface area contributed by atoms with E-state index in [0.717, 1.165) is 0 Å². The number of hydrogen-bond donors (Lipinski definition) is 1. The van der Waals surface area contributed by atoms with Gasteiger partial charge in [-0.15, -0.1) is 0 Å². The van der Waals surface area contributed by atoms with Gasteiger partial charge in [0.15, 0.2) is 11.5 Å². The molecule has 0 aliphatic carbocycles. The highest BCUT2D eigenvalue weighted by Crippen LogP contribution is 2.44. The Kier molecular flexibility index (Phi) is 6.33. The number of halogens is 1. The molecular weight excluding hydrogens is 444 g/mol. The van der Waals surface area contributed by atoms with Gasteiger partial charge in [0.25, 0.3) is 11.7 Å². The molecule has 1 fully saturated rings. The highest BCUT2D eigenvalue weighted by molar-refractivity contribution is 6.51. The van der Waals surface area contributed by atoms with Crippen LogP contribution in [0.2, 0.25) is 5.02 Å². The summed E-state index contributed by atoms with van der Waals surface area (Å²) in [6.45, 7) is 2.24. The molecule has 1 N–H and O–H groups in total. The molecule has 2 aromatic carbocycles. The molecule has 0 spiro atoms. The van der Waals surface area contributed by atoms with Crippen molar-refractivity contribution >= 4 is 34.7 Å². The third-order valence-electron chi connectivity index (χ3n) is 5.29. The topological polar surface area (TPSA) is 89.0 Å². The lowest BCUT2D eigenvalue weighted by atomic mass is 9.95. The van der Waals surface area contributed by atoms with E-state index in [0.29, 0.717) is 39.9 Å². The summed E-state index contributed by atoms with van der Waals surface area (Å²) in [4.78, 5) is 31.7. The van der Waals surface area contributed by atoms with Crippen molar-refractivity contribution in [3.05, 3.63) is 88.7 Å². The molecule has 0 bridgehead atoms. The Bertz CT molecular complexity index is 1240. The molecule has 1 amide bonds. The summed E-state index contributed by atoms with van der Waals surface area (Å²) in [6.07, 6.45) is 3.00. The van der Waals surface area contributed by atoms with Crippen LogP contribution in [0, 0.1) is 0 Å². The molecule has 1 saturated heterocycles. The number of aromatic nitrogens is 1. The minimum Gasteiger partial charge on any atom is -0.507 e. The normalized spacial score (nSPS) is 17.3. The van der Waals surface area contributed by atoms with Gasteiger partial charge in [-0.25, -0.2) is 0 Å². The number of nitrogens with zero attached hydrogens (tertiary/aromatic N) is 2. The van der Waals surface area contributed by atoms with Crippen molar-refractivity contribution in [1.29, 1.82) is 0 Å². The van der Waals surface area contributed by atoms with Crippen LogP contribution in [0.4, 0.5) is 5.69 Å². The highest BCUT2D eigenvalue weighted by atomic mass is 35.5. The van der Waals surface area contributed by atoms with Gasteiger partial charge in [0.2, 0.25) is 0 Å². The molecule has 1 atom stereocenters. The Morgan fingerprint density at radius 2 is 1.85 bits per heavy atom. The maximum atomic E-state index is 13.2. The average molecular weight is 465 g/mol. The number of carbonyl (C=O) groups is 2. The summed E-state index contributed by atoms with van der Waals surface area (Å²) in [6, 6.07) is 14.0. The predicted molar refractivity (Wildman–Crippen MR) is 125 cm³/mol. The minimum atomic E-state index is -0.915. The molecule has 1 aliphatic heterocycles. The first-order valence-corrected chi connectivity index (χ1v) is 10.6. The van der Waals surface area contributed by atoms with Gasteiger partial charge < -0.3 is 14.6 Å². The van der Waals surface area contributed by atoms with E-state index in [4.69, 9.17) is 21.1 Å². The van der Waals surface area contributed by atoms with E-state index in [1.165, 1.54) is 24.4 Å². The quantitative estimate of drug-likeness (QED) is 0.321. The van der Waals surface area contributed by atoms with Gasteiger partial charge in [-0.1, -0.05) is 23.7 Å². The number of pyridine rings is 1. The second-order valence-electron chi connectivity index (χ2n) is 7.23. The van der Waals surface area contributed by atoms with Gasteiger partial charge in [0, 0.05) is 28.7 Å². The summed E-state index contributed by atoms with van der Waals surface area (Å²) in [7, 11) is 1.53. The SMILES string of the molecule is CCOc1cc(C2/C(=C(/O)c3ccncc3)C(=O)C(=O)N2c2cccc(Cl)c2)ccc1OC. The highest BCUT2D eigenvalue weighted by Gasteiger charge is 2.47. The largest absolute Gasteiger partial charge is 0.507 e. The number of amides is 1. The van der Waals surface area contributed by atoms with Crippen molar-refractivity contribution in [1.82, 2.24) is 4.98 Å². The smallest absolute Gasteiger partial charge is 0.300 e. The van der Waals surface area contributed by atoms with Gasteiger partial charge in [-0.05, 0) is 55.0 Å². The number of methoxy groups -OCH3 is 1. The molecule has 168 valence electrons. The first-order chi connectivity index (χ1) is 16.0. The lowest BCUT2D eigenvalue weighted by Crippen LogP contribution is -2.29. The van der Waals surface area contributed by atoms with E-state index in [-0.39, 0.29) is 11.3 Å². The second kappa shape index (κ2) is 9.34. The third-order valence-corrected chi connectivity index (χ3v) is 5.52. The molecule has 33 heavy (non-hydrogen) atoms. The van der Waals surface area contributed by atoms with Crippen LogP contribution in [0.25, 0.3) is 5.76 Å². The third kappa shape index (κ3) is 4.15. The zero-order chi connectivity index (χ0) is 23.5. The molecular formula is C25H21ClN2O5. The molecule has 8 heteroatoms. The predicted octanol–water partition coefficient (Wildman–Crippen LogP) is 4.77. The zero-order valence-corrected chi connectivity index (χ0v) is 18.7. The molecule has 1 unspecified atom stereocenters. The van der Waals surface area contributed by atoms with Crippen LogP contribution in [-0.2, 0) is 9.59 Å². The van der Waals surface area contributed by atoms with Crippen LogP contribution < -0.4 is 14.4 Å². The van der Waals surface area contributed by atoms with Crippen LogP contribution >= 0.6 is 11.6 Å². The molecule has 4 rings (SSSR count). The first kappa shape index (κ1) is 22.4. The minimum absolute atomic E-state index is 0.0428. The van der Waals surface area contributed by atoms with Crippen molar-refractivity contribution in [2.75, 3.05) is 18.6 Å². The molecule has 0 radical (unpaired) electrons. The lowest BCUT2D eigenvalue weighted by Gasteiger charge is -2.26. The summed E-state index contributed by atoms with van der Waals surface area (Å²) < 4.78 is 11.1. The van der Waals surface area contributed by atoms with E-state index in [2.05, 4.69) is 4.98 Å². The number of benzene rings is 2. The van der Waals surface area contributed by atoms with E-state index < -0.39 is 17.7 Å². The first-order valence-electron chi connectivity index (χ1n) is 10.2. The molecule has 0 saturated carbocycles. The summed E-state index contributed by atoms with van der Waals surface area (Å²) in [5, 5.41) is 11.5. The fourth-order valence-corrected chi connectivity index (χ4v) is 4.02. The number of aliphatic hydroxyl groups is 1. The van der Waals surface area contributed by atoms with Crippen LogP contribution in [0.15, 0.2) is 72.6 Å². The fourth-order valence-electron chi connectivity index (χ4n) is 3.84.